The summed E-state index contributed by atoms with van der Waals surface area (Å²) < 4.78 is 10.8. The van der Waals surface area contributed by atoms with Crippen molar-refractivity contribution >= 4 is 17.4 Å². The van der Waals surface area contributed by atoms with Crippen molar-refractivity contribution in [3.8, 4) is 5.75 Å². The van der Waals surface area contributed by atoms with Crippen molar-refractivity contribution < 1.29 is 14.3 Å². The highest BCUT2D eigenvalue weighted by atomic mass is 16.5. The Morgan fingerprint density at radius 3 is 2.48 bits per heavy atom. The highest BCUT2D eigenvalue weighted by Crippen LogP contribution is 2.25. The fraction of sp³-hybridized carbons (Fsp3) is 0.409. The van der Waals surface area contributed by atoms with E-state index in [4.69, 9.17) is 9.47 Å². The molecule has 1 aliphatic heterocycles. The number of nitrogens with one attached hydrogen (secondary N) is 2. The molecular formula is C22H30N4O3. The third-order valence-corrected chi connectivity index (χ3v) is 5.09. The molecular weight excluding hydrogens is 368 g/mol. The van der Waals surface area contributed by atoms with Gasteiger partial charge in [0.2, 0.25) is 0 Å². The Bertz CT molecular complexity index is 789. The van der Waals surface area contributed by atoms with Crippen LogP contribution in [-0.2, 0) is 4.74 Å². The highest BCUT2D eigenvalue weighted by molar-refractivity contribution is 5.90. The van der Waals surface area contributed by atoms with E-state index in [0.29, 0.717) is 31.2 Å². The van der Waals surface area contributed by atoms with Crippen LogP contribution in [0, 0.1) is 0 Å². The van der Waals surface area contributed by atoms with Crippen LogP contribution in [0.3, 0.4) is 0 Å². The average Bonchev–Trinajstić information content (AvgIpc) is 2.75. The maximum Gasteiger partial charge on any atom is 0.319 e. The van der Waals surface area contributed by atoms with E-state index in [9.17, 15) is 4.79 Å². The summed E-state index contributed by atoms with van der Waals surface area (Å²) in [6, 6.07) is 15.7. The van der Waals surface area contributed by atoms with E-state index in [1.807, 2.05) is 38.4 Å². The third-order valence-electron chi connectivity index (χ3n) is 5.09. The zero-order valence-corrected chi connectivity index (χ0v) is 17.4. The molecule has 0 saturated carbocycles. The molecule has 156 valence electrons. The Kier molecular flexibility index (Phi) is 7.32. The predicted octanol–water partition coefficient (Wildman–Crippen LogP) is 2.96. The minimum Gasteiger partial charge on any atom is -0.495 e. The molecule has 1 heterocycles. The van der Waals surface area contributed by atoms with E-state index in [0.717, 1.165) is 18.8 Å². The smallest absolute Gasteiger partial charge is 0.319 e. The van der Waals surface area contributed by atoms with Crippen LogP contribution in [0.25, 0.3) is 0 Å². The number of urea groups is 1. The number of carbonyl (C=O) groups excluding carboxylic acids is 1. The molecule has 2 aromatic rings. The molecule has 1 aliphatic rings. The van der Waals surface area contributed by atoms with Gasteiger partial charge in [0.25, 0.3) is 0 Å². The van der Waals surface area contributed by atoms with Crippen molar-refractivity contribution in [1.82, 2.24) is 10.2 Å². The second-order valence-electron chi connectivity index (χ2n) is 7.19. The van der Waals surface area contributed by atoms with E-state index >= 15 is 0 Å². The summed E-state index contributed by atoms with van der Waals surface area (Å²) in [5.41, 5.74) is 2.97. The van der Waals surface area contributed by atoms with Crippen molar-refractivity contribution in [3.05, 3.63) is 54.1 Å². The van der Waals surface area contributed by atoms with Gasteiger partial charge >= 0.3 is 6.03 Å². The molecule has 3 rings (SSSR count). The normalized spacial score (nSPS) is 15.4. The standard InChI is InChI=1S/C22H30N4O3/c1-25(2)18-10-8-17(9-11-18)20(26-12-14-29-15-13-26)16-23-22(27)24-19-6-4-5-7-21(19)28-3/h4-11,20H,12-16H2,1-3H3,(H2,23,24,27). The molecule has 7 heteroatoms. The zero-order chi connectivity index (χ0) is 20.6. The van der Waals surface area contributed by atoms with Gasteiger partial charge in [0.15, 0.2) is 0 Å². The van der Waals surface area contributed by atoms with Crippen molar-refractivity contribution in [2.24, 2.45) is 0 Å². The Labute approximate surface area is 172 Å². The first-order valence-electron chi connectivity index (χ1n) is 9.85. The number of hydrogen-bond donors (Lipinski definition) is 2. The topological polar surface area (TPSA) is 66.1 Å². The number of benzene rings is 2. The molecule has 7 nitrogen and oxygen atoms in total. The number of hydrogen-bond acceptors (Lipinski definition) is 5. The maximum atomic E-state index is 12.5. The van der Waals surface area contributed by atoms with E-state index in [2.05, 4.69) is 44.7 Å². The summed E-state index contributed by atoms with van der Waals surface area (Å²) in [6.07, 6.45) is 0. The quantitative estimate of drug-likeness (QED) is 0.751. The SMILES string of the molecule is COc1ccccc1NC(=O)NCC(c1ccc(N(C)C)cc1)N1CCOCC1. The van der Waals surface area contributed by atoms with E-state index in [1.54, 1.807) is 7.11 Å². The predicted molar refractivity (Wildman–Crippen MR) is 116 cm³/mol. The molecule has 1 atom stereocenters. The van der Waals surface area contributed by atoms with E-state index in [-0.39, 0.29) is 12.1 Å². The first kappa shape index (κ1) is 21.0. The molecule has 0 spiro atoms. The molecule has 1 saturated heterocycles. The van der Waals surface area contributed by atoms with Gasteiger partial charge < -0.3 is 25.0 Å². The number of carbonyl (C=O) groups is 1. The van der Waals surface area contributed by atoms with Crippen molar-refractivity contribution in [3.63, 3.8) is 0 Å². The average molecular weight is 399 g/mol. The lowest BCUT2D eigenvalue weighted by atomic mass is 10.0. The molecule has 1 fully saturated rings. The second kappa shape index (κ2) is 10.1. The van der Waals surface area contributed by atoms with Gasteiger partial charge in [-0.25, -0.2) is 4.79 Å². The highest BCUT2D eigenvalue weighted by Gasteiger charge is 2.23. The maximum absolute atomic E-state index is 12.5. The van der Waals surface area contributed by atoms with Crippen LogP contribution < -0.4 is 20.3 Å². The minimum atomic E-state index is -0.252. The number of amides is 2. The number of morpholine rings is 1. The lowest BCUT2D eigenvalue weighted by molar-refractivity contribution is 0.0168. The monoisotopic (exact) mass is 398 g/mol. The van der Waals surface area contributed by atoms with Gasteiger partial charge in [-0.3, -0.25) is 4.90 Å². The lowest BCUT2D eigenvalue weighted by Crippen LogP contribution is -2.44. The van der Waals surface area contributed by atoms with Crippen LogP contribution in [0.1, 0.15) is 11.6 Å². The van der Waals surface area contributed by atoms with E-state index in [1.165, 1.54) is 5.56 Å². The second-order valence-corrected chi connectivity index (χ2v) is 7.19. The number of methoxy groups -OCH3 is 1. The number of rotatable bonds is 7. The summed E-state index contributed by atoms with van der Waals surface area (Å²) >= 11 is 0. The van der Waals surface area contributed by atoms with Gasteiger partial charge in [0.1, 0.15) is 5.75 Å². The van der Waals surface area contributed by atoms with Gasteiger partial charge in [-0.1, -0.05) is 24.3 Å². The van der Waals surface area contributed by atoms with Crippen LogP contribution in [0.4, 0.5) is 16.2 Å². The van der Waals surface area contributed by atoms with Crippen LogP contribution in [-0.4, -0.2) is 65.0 Å². The molecule has 2 amide bonds. The Hall–Kier alpha value is -2.77. The van der Waals surface area contributed by atoms with Crippen molar-refractivity contribution in [2.75, 3.05) is 64.3 Å². The molecule has 0 aliphatic carbocycles. The van der Waals surface area contributed by atoms with Gasteiger partial charge in [-0.15, -0.1) is 0 Å². The summed E-state index contributed by atoms with van der Waals surface area (Å²) in [5.74, 6) is 0.631. The number of anilines is 2. The third kappa shape index (κ3) is 5.62. The molecule has 2 N–H and O–H groups in total. The lowest BCUT2D eigenvalue weighted by Gasteiger charge is -2.35. The first-order chi connectivity index (χ1) is 14.1. The zero-order valence-electron chi connectivity index (χ0n) is 17.4. The van der Waals surface area contributed by atoms with Crippen LogP contribution >= 0.6 is 0 Å². The van der Waals surface area contributed by atoms with Gasteiger partial charge in [0, 0.05) is 39.4 Å². The number of nitrogens with zero attached hydrogens (tertiary/aromatic N) is 2. The summed E-state index contributed by atoms with van der Waals surface area (Å²) in [5, 5.41) is 5.89. The summed E-state index contributed by atoms with van der Waals surface area (Å²) in [6.45, 7) is 3.60. The molecule has 2 aromatic carbocycles. The Balaban J connectivity index is 1.68. The van der Waals surface area contributed by atoms with Crippen molar-refractivity contribution in [2.45, 2.75) is 6.04 Å². The fourth-order valence-corrected chi connectivity index (χ4v) is 3.45. The molecule has 29 heavy (non-hydrogen) atoms. The molecule has 1 unspecified atom stereocenters. The van der Waals surface area contributed by atoms with Crippen LogP contribution in [0.2, 0.25) is 0 Å². The van der Waals surface area contributed by atoms with Crippen LogP contribution in [0.15, 0.2) is 48.5 Å². The van der Waals surface area contributed by atoms with E-state index < -0.39 is 0 Å². The Morgan fingerprint density at radius 2 is 1.83 bits per heavy atom. The minimum absolute atomic E-state index is 0.0820. The summed E-state index contributed by atoms with van der Waals surface area (Å²) in [4.78, 5) is 16.9. The van der Waals surface area contributed by atoms with Crippen molar-refractivity contribution in [1.29, 1.82) is 0 Å². The molecule has 0 bridgehead atoms. The van der Waals surface area contributed by atoms with Gasteiger partial charge in [-0.2, -0.15) is 0 Å². The molecule has 0 aromatic heterocycles. The first-order valence-corrected chi connectivity index (χ1v) is 9.85. The Morgan fingerprint density at radius 1 is 1.14 bits per heavy atom. The summed E-state index contributed by atoms with van der Waals surface area (Å²) in [7, 11) is 5.64. The van der Waals surface area contributed by atoms with Crippen LogP contribution in [0.5, 0.6) is 5.75 Å². The fourth-order valence-electron chi connectivity index (χ4n) is 3.45. The largest absolute Gasteiger partial charge is 0.495 e. The van der Waals surface area contributed by atoms with Gasteiger partial charge in [0.05, 0.1) is 32.1 Å². The number of ether oxygens (including phenoxy) is 2. The van der Waals surface area contributed by atoms with Gasteiger partial charge in [-0.05, 0) is 29.8 Å². The molecule has 0 radical (unpaired) electrons. The number of para-hydroxylation sites is 2.